The second-order valence-corrected chi connectivity index (χ2v) is 11.2. The average Bonchev–Trinajstić information content (AvgIpc) is 3.35. The summed E-state index contributed by atoms with van der Waals surface area (Å²) >= 11 is 1.68. The molecule has 0 radical (unpaired) electrons. The highest BCUT2D eigenvalue weighted by Crippen LogP contribution is 2.40. The highest BCUT2D eigenvalue weighted by molar-refractivity contribution is 7.08. The van der Waals surface area contributed by atoms with Crippen LogP contribution in [0, 0.1) is 6.92 Å². The van der Waals surface area contributed by atoms with Gasteiger partial charge < -0.3 is 10.2 Å². The topological polar surface area (TPSA) is 40.5 Å². The standard InChI is InChI=1S/C31H34O2S/c1-20-17-25(11-13-28(20)32)30(3,4)23-7-9-24(10-8-23)31(5,6)26-12-14-29(33)27(18-26)21(2)22-15-16-34-19-22/h7-19,21,32-33H,1-6H3. The van der Waals surface area contributed by atoms with Crippen LogP contribution in [0.5, 0.6) is 11.5 Å². The molecule has 176 valence electrons. The maximum Gasteiger partial charge on any atom is 0.119 e. The van der Waals surface area contributed by atoms with Gasteiger partial charge in [0.2, 0.25) is 0 Å². The molecular formula is C31H34O2S. The molecule has 4 aromatic rings. The van der Waals surface area contributed by atoms with Crippen LogP contribution in [0.25, 0.3) is 0 Å². The normalized spacial score (nSPS) is 13.1. The van der Waals surface area contributed by atoms with Crippen LogP contribution in [-0.4, -0.2) is 10.2 Å². The van der Waals surface area contributed by atoms with Gasteiger partial charge in [-0.3, -0.25) is 0 Å². The number of thiophene rings is 1. The number of benzene rings is 3. The van der Waals surface area contributed by atoms with E-state index in [4.69, 9.17) is 0 Å². The van der Waals surface area contributed by atoms with Gasteiger partial charge in [-0.25, -0.2) is 0 Å². The van der Waals surface area contributed by atoms with E-state index in [-0.39, 0.29) is 16.7 Å². The number of rotatable bonds is 6. The van der Waals surface area contributed by atoms with E-state index in [1.807, 2.05) is 25.1 Å². The Bertz CT molecular complexity index is 1280. The summed E-state index contributed by atoms with van der Waals surface area (Å²) in [5, 5.41) is 24.8. The van der Waals surface area contributed by atoms with Crippen LogP contribution < -0.4 is 0 Å². The molecule has 1 unspecified atom stereocenters. The van der Waals surface area contributed by atoms with Gasteiger partial charge in [-0.1, -0.05) is 83.1 Å². The van der Waals surface area contributed by atoms with E-state index in [2.05, 4.69) is 87.8 Å². The number of phenols is 2. The minimum Gasteiger partial charge on any atom is -0.508 e. The number of hydrogen-bond acceptors (Lipinski definition) is 3. The molecule has 1 aromatic heterocycles. The Morgan fingerprint density at radius 3 is 1.68 bits per heavy atom. The molecular weight excluding hydrogens is 436 g/mol. The molecule has 2 N–H and O–H groups in total. The van der Waals surface area contributed by atoms with Gasteiger partial charge >= 0.3 is 0 Å². The molecule has 0 fully saturated rings. The van der Waals surface area contributed by atoms with Gasteiger partial charge in [-0.05, 0) is 69.3 Å². The molecule has 0 aliphatic heterocycles. The van der Waals surface area contributed by atoms with E-state index in [1.54, 1.807) is 17.4 Å². The van der Waals surface area contributed by atoms with E-state index in [9.17, 15) is 10.2 Å². The van der Waals surface area contributed by atoms with Crippen LogP contribution in [0.2, 0.25) is 0 Å². The van der Waals surface area contributed by atoms with Crippen molar-refractivity contribution in [1.82, 2.24) is 0 Å². The Morgan fingerprint density at radius 1 is 0.676 bits per heavy atom. The zero-order valence-electron chi connectivity index (χ0n) is 20.9. The SMILES string of the molecule is Cc1cc(C(C)(C)c2ccc(C(C)(C)c3ccc(O)c(C(C)c4ccsc4)c3)cc2)ccc1O. The Balaban J connectivity index is 1.66. The van der Waals surface area contributed by atoms with Crippen LogP contribution in [-0.2, 0) is 10.8 Å². The fourth-order valence-corrected chi connectivity index (χ4v) is 5.43. The fourth-order valence-electron chi connectivity index (χ4n) is 4.67. The van der Waals surface area contributed by atoms with Crippen LogP contribution in [0.4, 0.5) is 0 Å². The molecule has 3 aromatic carbocycles. The van der Waals surface area contributed by atoms with Crippen molar-refractivity contribution in [3.63, 3.8) is 0 Å². The number of aromatic hydroxyl groups is 2. The summed E-state index contributed by atoms with van der Waals surface area (Å²) in [6, 6.07) is 22.9. The van der Waals surface area contributed by atoms with Crippen LogP contribution in [0.3, 0.4) is 0 Å². The Hall–Kier alpha value is -3.04. The van der Waals surface area contributed by atoms with E-state index >= 15 is 0 Å². The fraction of sp³-hybridized carbons (Fsp3) is 0.290. The maximum atomic E-state index is 10.6. The maximum absolute atomic E-state index is 10.6. The quantitative estimate of drug-likeness (QED) is 0.298. The highest BCUT2D eigenvalue weighted by atomic mass is 32.1. The van der Waals surface area contributed by atoms with Crippen LogP contribution >= 0.6 is 11.3 Å². The molecule has 0 bridgehead atoms. The van der Waals surface area contributed by atoms with Crippen LogP contribution in [0.1, 0.15) is 79.5 Å². The molecule has 0 saturated heterocycles. The van der Waals surface area contributed by atoms with Gasteiger partial charge in [0, 0.05) is 22.3 Å². The molecule has 34 heavy (non-hydrogen) atoms. The lowest BCUT2D eigenvalue weighted by Gasteiger charge is -2.30. The second kappa shape index (κ2) is 8.96. The largest absolute Gasteiger partial charge is 0.508 e. The molecule has 0 amide bonds. The van der Waals surface area contributed by atoms with E-state index in [0.717, 1.165) is 11.1 Å². The van der Waals surface area contributed by atoms with Crippen molar-refractivity contribution < 1.29 is 10.2 Å². The summed E-state index contributed by atoms with van der Waals surface area (Å²) in [5.41, 5.74) is 7.52. The lowest BCUT2D eigenvalue weighted by Crippen LogP contribution is -2.22. The third-order valence-electron chi connectivity index (χ3n) is 7.51. The number of aryl methyl sites for hydroxylation is 1. The van der Waals surface area contributed by atoms with Crippen molar-refractivity contribution in [1.29, 1.82) is 0 Å². The summed E-state index contributed by atoms with van der Waals surface area (Å²) in [5.74, 6) is 0.816. The zero-order valence-corrected chi connectivity index (χ0v) is 21.7. The minimum absolute atomic E-state index is 0.138. The van der Waals surface area contributed by atoms with E-state index in [1.165, 1.54) is 27.8 Å². The molecule has 0 spiro atoms. The smallest absolute Gasteiger partial charge is 0.119 e. The lowest BCUT2D eigenvalue weighted by atomic mass is 9.74. The van der Waals surface area contributed by atoms with Gasteiger partial charge in [-0.2, -0.15) is 11.3 Å². The van der Waals surface area contributed by atoms with Crippen molar-refractivity contribution in [3.05, 3.63) is 116 Å². The van der Waals surface area contributed by atoms with Gasteiger partial charge in [0.1, 0.15) is 11.5 Å². The second-order valence-electron chi connectivity index (χ2n) is 10.4. The summed E-state index contributed by atoms with van der Waals surface area (Å²) < 4.78 is 0. The molecule has 1 atom stereocenters. The summed E-state index contributed by atoms with van der Waals surface area (Å²) in [4.78, 5) is 0. The average molecular weight is 471 g/mol. The first-order valence-corrected chi connectivity index (χ1v) is 12.7. The van der Waals surface area contributed by atoms with Crippen LogP contribution in [0.15, 0.2) is 77.5 Å². The Kier molecular flexibility index (Phi) is 6.35. The molecule has 1 heterocycles. The first kappa shape index (κ1) is 24.1. The molecule has 3 heteroatoms. The predicted molar refractivity (Wildman–Crippen MR) is 143 cm³/mol. The van der Waals surface area contributed by atoms with Crippen molar-refractivity contribution in [2.45, 2.75) is 58.3 Å². The van der Waals surface area contributed by atoms with E-state index < -0.39 is 0 Å². The summed E-state index contributed by atoms with van der Waals surface area (Å²) in [7, 11) is 0. The first-order valence-electron chi connectivity index (χ1n) is 11.8. The van der Waals surface area contributed by atoms with Gasteiger partial charge in [0.15, 0.2) is 0 Å². The molecule has 0 aliphatic rings. The molecule has 2 nitrogen and oxygen atoms in total. The van der Waals surface area contributed by atoms with Gasteiger partial charge in [0.05, 0.1) is 0 Å². The third-order valence-corrected chi connectivity index (χ3v) is 8.21. The summed E-state index contributed by atoms with van der Waals surface area (Å²) in [6.07, 6.45) is 0. The third kappa shape index (κ3) is 4.37. The van der Waals surface area contributed by atoms with Gasteiger partial charge in [-0.15, -0.1) is 0 Å². The number of hydrogen-bond donors (Lipinski definition) is 2. The Labute approximate surface area is 207 Å². The van der Waals surface area contributed by atoms with Crippen molar-refractivity contribution in [2.75, 3.05) is 0 Å². The highest BCUT2D eigenvalue weighted by Gasteiger charge is 2.28. The van der Waals surface area contributed by atoms with E-state index in [0.29, 0.717) is 11.5 Å². The monoisotopic (exact) mass is 470 g/mol. The molecule has 0 aliphatic carbocycles. The van der Waals surface area contributed by atoms with Crippen molar-refractivity contribution in [2.24, 2.45) is 0 Å². The first-order chi connectivity index (χ1) is 16.0. The minimum atomic E-state index is -0.214. The number of phenolic OH excluding ortho intramolecular Hbond substituents is 2. The Morgan fingerprint density at radius 2 is 1.18 bits per heavy atom. The van der Waals surface area contributed by atoms with Crippen molar-refractivity contribution in [3.8, 4) is 11.5 Å². The van der Waals surface area contributed by atoms with Crippen molar-refractivity contribution >= 4 is 11.3 Å². The summed E-state index contributed by atoms with van der Waals surface area (Å²) in [6.45, 7) is 13.0. The predicted octanol–water partition coefficient (Wildman–Crippen LogP) is 8.27. The molecule has 4 rings (SSSR count). The zero-order chi connectivity index (χ0) is 24.7. The van der Waals surface area contributed by atoms with Gasteiger partial charge in [0.25, 0.3) is 0 Å². The molecule has 0 saturated carbocycles. The lowest BCUT2D eigenvalue weighted by molar-refractivity contribution is 0.465.